The highest BCUT2D eigenvalue weighted by molar-refractivity contribution is 6.05. The van der Waals surface area contributed by atoms with Gasteiger partial charge in [0.25, 0.3) is 11.8 Å². The molecule has 0 aromatic heterocycles. The van der Waals surface area contributed by atoms with Gasteiger partial charge >= 0.3 is 0 Å². The Morgan fingerprint density at radius 2 is 1.75 bits per heavy atom. The molecular weight excluding hydrogens is 350 g/mol. The first-order chi connectivity index (χ1) is 13.5. The van der Waals surface area contributed by atoms with Crippen molar-refractivity contribution in [2.75, 3.05) is 11.9 Å². The Morgan fingerprint density at radius 3 is 2.43 bits per heavy atom. The zero-order chi connectivity index (χ0) is 19.7. The van der Waals surface area contributed by atoms with E-state index in [1.54, 1.807) is 18.2 Å². The predicted octanol–water partition coefficient (Wildman–Crippen LogP) is 3.35. The third-order valence-corrected chi connectivity index (χ3v) is 6.41. The molecule has 4 rings (SSSR count). The third kappa shape index (κ3) is 3.67. The molecule has 4 unspecified atom stereocenters. The molecule has 2 fully saturated rings. The first kappa shape index (κ1) is 18.7. The Morgan fingerprint density at radius 1 is 0.964 bits per heavy atom. The van der Waals surface area contributed by atoms with Crippen molar-refractivity contribution in [3.63, 3.8) is 0 Å². The molecule has 2 aliphatic rings. The monoisotopic (exact) mass is 377 g/mol. The summed E-state index contributed by atoms with van der Waals surface area (Å²) >= 11 is 0. The molecule has 2 aliphatic carbocycles. The Balaban J connectivity index is 1.43. The smallest absolute Gasteiger partial charge is 0.255 e. The molecule has 0 saturated heterocycles. The summed E-state index contributed by atoms with van der Waals surface area (Å²) in [5.41, 5.74) is 8.60. The van der Waals surface area contributed by atoms with Gasteiger partial charge in [0.15, 0.2) is 0 Å². The molecule has 4 atom stereocenters. The summed E-state index contributed by atoms with van der Waals surface area (Å²) in [7, 11) is 0. The van der Waals surface area contributed by atoms with Gasteiger partial charge in [0, 0.05) is 22.9 Å². The minimum Gasteiger partial charge on any atom is -0.349 e. The lowest BCUT2D eigenvalue weighted by Crippen LogP contribution is -2.40. The second kappa shape index (κ2) is 7.76. The highest BCUT2D eigenvalue weighted by Crippen LogP contribution is 2.48. The molecule has 146 valence electrons. The van der Waals surface area contributed by atoms with Crippen LogP contribution in [0.1, 0.15) is 45.5 Å². The van der Waals surface area contributed by atoms with E-state index >= 15 is 0 Å². The third-order valence-electron chi connectivity index (χ3n) is 6.41. The van der Waals surface area contributed by atoms with Crippen LogP contribution in [0.15, 0.2) is 48.5 Å². The Kier molecular flexibility index (Phi) is 5.18. The van der Waals surface area contributed by atoms with Gasteiger partial charge in [0.05, 0.1) is 0 Å². The molecule has 5 nitrogen and oxygen atoms in total. The van der Waals surface area contributed by atoms with Crippen LogP contribution in [0, 0.1) is 24.7 Å². The number of amides is 2. The van der Waals surface area contributed by atoms with Gasteiger partial charge in [-0.3, -0.25) is 9.59 Å². The SMILES string of the molecule is Cc1ccc(C(=O)NC2CC3CC2CC3CN)cc1NC(=O)c1ccccc1. The van der Waals surface area contributed by atoms with Crippen LogP contribution in [0.2, 0.25) is 0 Å². The predicted molar refractivity (Wildman–Crippen MR) is 110 cm³/mol. The van der Waals surface area contributed by atoms with Gasteiger partial charge in [-0.15, -0.1) is 0 Å². The second-order valence-electron chi connectivity index (χ2n) is 8.15. The number of carbonyl (C=O) groups is 2. The zero-order valence-corrected chi connectivity index (χ0v) is 16.2. The lowest BCUT2D eigenvalue weighted by Gasteiger charge is -2.28. The average Bonchev–Trinajstić information content (AvgIpc) is 3.30. The van der Waals surface area contributed by atoms with Gasteiger partial charge in [0.1, 0.15) is 0 Å². The summed E-state index contributed by atoms with van der Waals surface area (Å²) in [6.45, 7) is 2.68. The van der Waals surface area contributed by atoms with Crippen LogP contribution in [0.25, 0.3) is 0 Å². The first-order valence-corrected chi connectivity index (χ1v) is 10.0. The number of rotatable bonds is 5. The molecule has 2 bridgehead atoms. The zero-order valence-electron chi connectivity index (χ0n) is 16.2. The highest BCUT2D eigenvalue weighted by Gasteiger charge is 2.45. The van der Waals surface area contributed by atoms with Gasteiger partial charge in [-0.25, -0.2) is 0 Å². The molecule has 28 heavy (non-hydrogen) atoms. The van der Waals surface area contributed by atoms with Gasteiger partial charge in [-0.1, -0.05) is 24.3 Å². The fourth-order valence-electron chi connectivity index (χ4n) is 4.79. The van der Waals surface area contributed by atoms with E-state index in [9.17, 15) is 9.59 Å². The Labute approximate surface area is 165 Å². The van der Waals surface area contributed by atoms with E-state index < -0.39 is 0 Å². The highest BCUT2D eigenvalue weighted by atomic mass is 16.2. The molecular formula is C23H27N3O2. The van der Waals surface area contributed by atoms with E-state index in [4.69, 9.17) is 5.73 Å². The average molecular weight is 377 g/mol. The van der Waals surface area contributed by atoms with Crippen LogP contribution >= 0.6 is 0 Å². The standard InChI is InChI=1S/C23H27N3O2/c1-14-7-8-16(11-20(14)25-22(27)15-5-3-2-4-6-15)23(28)26-21-12-17-9-18(21)10-19(17)13-24/h2-8,11,17-19,21H,9-10,12-13,24H2,1H3,(H,25,27)(H,26,28). The van der Waals surface area contributed by atoms with E-state index in [2.05, 4.69) is 10.6 Å². The summed E-state index contributed by atoms with van der Waals surface area (Å²) in [6, 6.07) is 14.8. The second-order valence-corrected chi connectivity index (χ2v) is 8.15. The van der Waals surface area contributed by atoms with Crippen LogP contribution in [0.3, 0.4) is 0 Å². The number of carbonyl (C=O) groups excluding carboxylic acids is 2. The van der Waals surface area contributed by atoms with Crippen molar-refractivity contribution in [3.8, 4) is 0 Å². The van der Waals surface area contributed by atoms with Crippen LogP contribution in [-0.4, -0.2) is 24.4 Å². The molecule has 2 aromatic rings. The molecule has 2 amide bonds. The number of hydrogen-bond donors (Lipinski definition) is 3. The topological polar surface area (TPSA) is 84.2 Å². The Hall–Kier alpha value is -2.66. The maximum absolute atomic E-state index is 12.8. The largest absolute Gasteiger partial charge is 0.349 e. The Bertz CT molecular complexity index is 881. The summed E-state index contributed by atoms with van der Waals surface area (Å²) < 4.78 is 0. The van der Waals surface area contributed by atoms with Gasteiger partial charge in [0.2, 0.25) is 0 Å². The molecule has 5 heteroatoms. The molecule has 0 heterocycles. The minimum atomic E-state index is -0.179. The lowest BCUT2D eigenvalue weighted by molar-refractivity contribution is 0.0916. The van der Waals surface area contributed by atoms with Crippen molar-refractivity contribution in [3.05, 3.63) is 65.2 Å². The van der Waals surface area contributed by atoms with Crippen molar-refractivity contribution < 1.29 is 9.59 Å². The summed E-state index contributed by atoms with van der Waals surface area (Å²) in [4.78, 5) is 25.2. The lowest BCUT2D eigenvalue weighted by atomic mass is 9.86. The van der Waals surface area contributed by atoms with Crippen LogP contribution in [-0.2, 0) is 0 Å². The van der Waals surface area contributed by atoms with Crippen LogP contribution < -0.4 is 16.4 Å². The van der Waals surface area contributed by atoms with Crippen LogP contribution in [0.5, 0.6) is 0 Å². The van der Waals surface area contributed by atoms with E-state index in [1.165, 1.54) is 6.42 Å². The summed E-state index contributed by atoms with van der Waals surface area (Å²) in [6.07, 6.45) is 3.33. The van der Waals surface area contributed by atoms with Crippen molar-refractivity contribution in [1.82, 2.24) is 5.32 Å². The number of fused-ring (bicyclic) bond motifs is 2. The van der Waals surface area contributed by atoms with Crippen molar-refractivity contribution in [2.45, 2.75) is 32.2 Å². The number of nitrogens with two attached hydrogens (primary N) is 1. The molecule has 0 spiro atoms. The number of anilines is 1. The normalized spacial score (nSPS) is 25.5. The van der Waals surface area contributed by atoms with E-state index in [0.29, 0.717) is 34.6 Å². The number of aryl methyl sites for hydroxylation is 1. The number of hydrogen-bond acceptors (Lipinski definition) is 3. The van der Waals surface area contributed by atoms with Crippen molar-refractivity contribution >= 4 is 17.5 Å². The van der Waals surface area contributed by atoms with E-state index in [-0.39, 0.29) is 17.9 Å². The maximum atomic E-state index is 12.8. The maximum Gasteiger partial charge on any atom is 0.255 e. The van der Waals surface area contributed by atoms with Gasteiger partial charge in [-0.05, 0) is 80.3 Å². The number of benzene rings is 2. The summed E-state index contributed by atoms with van der Waals surface area (Å²) in [5, 5.41) is 6.13. The van der Waals surface area contributed by atoms with E-state index in [0.717, 1.165) is 24.9 Å². The van der Waals surface area contributed by atoms with Crippen molar-refractivity contribution in [1.29, 1.82) is 0 Å². The van der Waals surface area contributed by atoms with Gasteiger partial charge in [-0.2, -0.15) is 0 Å². The molecule has 2 saturated carbocycles. The van der Waals surface area contributed by atoms with Crippen LogP contribution in [0.4, 0.5) is 5.69 Å². The van der Waals surface area contributed by atoms with E-state index in [1.807, 2.05) is 37.3 Å². The molecule has 0 radical (unpaired) electrons. The molecule has 2 aromatic carbocycles. The summed E-state index contributed by atoms with van der Waals surface area (Å²) in [5.74, 6) is 1.57. The quantitative estimate of drug-likeness (QED) is 0.747. The first-order valence-electron chi connectivity index (χ1n) is 10.0. The number of nitrogens with one attached hydrogen (secondary N) is 2. The fourth-order valence-corrected chi connectivity index (χ4v) is 4.79. The van der Waals surface area contributed by atoms with Crippen molar-refractivity contribution in [2.24, 2.45) is 23.5 Å². The van der Waals surface area contributed by atoms with Gasteiger partial charge < -0.3 is 16.4 Å². The molecule has 0 aliphatic heterocycles. The minimum absolute atomic E-state index is 0.0722. The fraction of sp³-hybridized carbons (Fsp3) is 0.391. The molecule has 4 N–H and O–H groups in total.